The molecule has 7 heteroatoms. The van der Waals surface area contributed by atoms with Gasteiger partial charge in [0.15, 0.2) is 0 Å². The monoisotopic (exact) mass is 297 g/mol. The van der Waals surface area contributed by atoms with Crippen LogP contribution in [0.3, 0.4) is 0 Å². The lowest BCUT2D eigenvalue weighted by Crippen LogP contribution is -2.36. The Bertz CT molecular complexity index is 468. The van der Waals surface area contributed by atoms with Gasteiger partial charge in [-0.05, 0) is 30.9 Å². The third kappa shape index (κ3) is 5.92. The molecule has 0 saturated carbocycles. The molecule has 0 aliphatic heterocycles. The van der Waals surface area contributed by atoms with E-state index in [9.17, 15) is 9.59 Å². The Balaban J connectivity index is 2.45. The number of anilines is 1. The Hall–Kier alpha value is -1.76. The highest BCUT2D eigenvalue weighted by molar-refractivity contribution is 7.99. The van der Waals surface area contributed by atoms with Crippen molar-refractivity contribution >= 4 is 29.4 Å². The van der Waals surface area contributed by atoms with Crippen LogP contribution in [-0.2, 0) is 0 Å². The van der Waals surface area contributed by atoms with Crippen molar-refractivity contribution in [2.24, 2.45) is 0 Å². The van der Waals surface area contributed by atoms with Gasteiger partial charge in [0.2, 0.25) is 0 Å². The van der Waals surface area contributed by atoms with Crippen molar-refractivity contribution in [3.63, 3.8) is 0 Å². The van der Waals surface area contributed by atoms with Crippen molar-refractivity contribution in [3.05, 3.63) is 24.0 Å². The summed E-state index contributed by atoms with van der Waals surface area (Å²) in [4.78, 5) is 26.3. The van der Waals surface area contributed by atoms with Crippen molar-refractivity contribution in [1.29, 1.82) is 0 Å². The maximum Gasteiger partial charge on any atom is 0.337 e. The van der Waals surface area contributed by atoms with Gasteiger partial charge >= 0.3 is 12.0 Å². The van der Waals surface area contributed by atoms with E-state index in [1.54, 1.807) is 0 Å². The fraction of sp³-hybridized carbons (Fsp3) is 0.462. The number of amides is 2. The van der Waals surface area contributed by atoms with Gasteiger partial charge in [-0.15, -0.1) is 0 Å². The number of carbonyl (C=O) groups is 2. The summed E-state index contributed by atoms with van der Waals surface area (Å²) in [5.41, 5.74) is 0.396. The Morgan fingerprint density at radius 3 is 2.85 bits per heavy atom. The molecule has 0 aromatic carbocycles. The summed E-state index contributed by atoms with van der Waals surface area (Å²) in [6, 6.07) is 1.07. The van der Waals surface area contributed by atoms with Crippen LogP contribution in [-0.4, -0.2) is 39.6 Å². The van der Waals surface area contributed by atoms with Crippen molar-refractivity contribution < 1.29 is 14.7 Å². The third-order valence-corrected chi connectivity index (χ3v) is 3.45. The summed E-state index contributed by atoms with van der Waals surface area (Å²) in [5, 5.41) is 14.2. The summed E-state index contributed by atoms with van der Waals surface area (Å²) < 4.78 is 0. The molecule has 0 bridgehead atoms. The Morgan fingerprint density at radius 2 is 2.20 bits per heavy atom. The number of hydrogen-bond acceptors (Lipinski definition) is 4. The summed E-state index contributed by atoms with van der Waals surface area (Å²) in [6.45, 7) is 4.03. The van der Waals surface area contributed by atoms with E-state index in [4.69, 9.17) is 5.11 Å². The number of thioether (sulfide) groups is 1. The molecule has 110 valence electrons. The molecular weight excluding hydrogens is 278 g/mol. The Morgan fingerprint density at radius 1 is 1.45 bits per heavy atom. The zero-order valence-corrected chi connectivity index (χ0v) is 12.4. The SMILES string of the molecule is CCSCCC(C)NC(=O)Nc1cncc(C(=O)O)c1. The predicted molar refractivity (Wildman–Crippen MR) is 80.4 cm³/mol. The van der Waals surface area contributed by atoms with Crippen LogP contribution in [0, 0.1) is 0 Å². The minimum atomic E-state index is -1.08. The molecule has 6 nitrogen and oxygen atoms in total. The lowest BCUT2D eigenvalue weighted by molar-refractivity contribution is 0.0696. The molecule has 1 aromatic rings. The van der Waals surface area contributed by atoms with E-state index in [2.05, 4.69) is 22.5 Å². The average Bonchev–Trinajstić information content (AvgIpc) is 2.39. The first-order valence-corrected chi connectivity index (χ1v) is 7.52. The fourth-order valence-electron chi connectivity index (χ4n) is 1.49. The van der Waals surface area contributed by atoms with Gasteiger partial charge in [-0.25, -0.2) is 9.59 Å². The van der Waals surface area contributed by atoms with Gasteiger partial charge in [0, 0.05) is 12.2 Å². The largest absolute Gasteiger partial charge is 0.478 e. The highest BCUT2D eigenvalue weighted by atomic mass is 32.2. The third-order valence-electron chi connectivity index (χ3n) is 2.52. The van der Waals surface area contributed by atoms with Crippen LogP contribution in [0.2, 0.25) is 0 Å². The number of carbonyl (C=O) groups excluding carboxylic acids is 1. The van der Waals surface area contributed by atoms with Crippen molar-refractivity contribution in [1.82, 2.24) is 10.3 Å². The number of nitrogens with zero attached hydrogens (tertiary/aromatic N) is 1. The molecule has 0 aliphatic rings. The topological polar surface area (TPSA) is 91.3 Å². The van der Waals surface area contributed by atoms with Crippen LogP contribution in [0.5, 0.6) is 0 Å². The number of carboxylic acid groups (broad SMARTS) is 1. The minimum Gasteiger partial charge on any atom is -0.478 e. The summed E-state index contributed by atoms with van der Waals surface area (Å²) >= 11 is 1.83. The molecule has 3 N–H and O–H groups in total. The van der Waals surface area contributed by atoms with Gasteiger partial charge < -0.3 is 15.7 Å². The predicted octanol–water partition coefficient (Wildman–Crippen LogP) is 2.43. The number of aromatic nitrogens is 1. The number of pyridine rings is 1. The molecule has 0 aliphatic carbocycles. The number of carboxylic acids is 1. The quantitative estimate of drug-likeness (QED) is 0.672. The lowest BCUT2D eigenvalue weighted by atomic mass is 10.2. The zero-order valence-electron chi connectivity index (χ0n) is 11.5. The fourth-order valence-corrected chi connectivity index (χ4v) is 2.30. The van der Waals surface area contributed by atoms with Gasteiger partial charge in [0.1, 0.15) is 0 Å². The normalized spacial score (nSPS) is 11.7. The minimum absolute atomic E-state index is 0.0372. The second kappa shape index (κ2) is 8.42. The maximum atomic E-state index is 11.7. The lowest BCUT2D eigenvalue weighted by Gasteiger charge is -2.14. The molecule has 1 heterocycles. The second-order valence-electron chi connectivity index (χ2n) is 4.25. The standard InChI is InChI=1S/C13H19N3O3S/c1-3-20-5-4-9(2)15-13(19)16-11-6-10(12(17)18)7-14-8-11/h6-9H,3-5H2,1-2H3,(H,17,18)(H2,15,16,19). The smallest absolute Gasteiger partial charge is 0.337 e. The molecule has 0 spiro atoms. The van der Waals surface area contributed by atoms with E-state index < -0.39 is 5.97 Å². The first kappa shape index (κ1) is 16.3. The van der Waals surface area contributed by atoms with E-state index in [1.807, 2.05) is 18.7 Å². The highest BCUT2D eigenvalue weighted by Gasteiger charge is 2.09. The maximum absolute atomic E-state index is 11.7. The average molecular weight is 297 g/mol. The number of nitrogens with one attached hydrogen (secondary N) is 2. The zero-order chi connectivity index (χ0) is 15.0. The van der Waals surface area contributed by atoms with Crippen LogP contribution < -0.4 is 10.6 Å². The number of aromatic carboxylic acids is 1. The van der Waals surface area contributed by atoms with Crippen LogP contribution >= 0.6 is 11.8 Å². The van der Waals surface area contributed by atoms with E-state index in [-0.39, 0.29) is 17.6 Å². The van der Waals surface area contributed by atoms with Crippen LogP contribution in [0.4, 0.5) is 10.5 Å². The summed E-state index contributed by atoms with van der Waals surface area (Å²) in [7, 11) is 0. The van der Waals surface area contributed by atoms with Gasteiger partial charge in [-0.2, -0.15) is 11.8 Å². The van der Waals surface area contributed by atoms with Crippen LogP contribution in [0.25, 0.3) is 0 Å². The first-order chi connectivity index (χ1) is 9.52. The van der Waals surface area contributed by atoms with Crippen molar-refractivity contribution in [2.45, 2.75) is 26.3 Å². The Labute approximate surface area is 122 Å². The molecule has 2 amide bonds. The van der Waals surface area contributed by atoms with Crippen LogP contribution in [0.1, 0.15) is 30.6 Å². The molecule has 1 aromatic heterocycles. The second-order valence-corrected chi connectivity index (χ2v) is 5.65. The van der Waals surface area contributed by atoms with Crippen molar-refractivity contribution in [2.75, 3.05) is 16.8 Å². The van der Waals surface area contributed by atoms with Gasteiger partial charge in [0.25, 0.3) is 0 Å². The number of rotatable bonds is 7. The summed E-state index contributed by atoms with van der Waals surface area (Å²) in [5.74, 6) is 0.979. The summed E-state index contributed by atoms with van der Waals surface area (Å²) in [6.07, 6.45) is 3.53. The molecular formula is C13H19N3O3S. The highest BCUT2D eigenvalue weighted by Crippen LogP contribution is 2.09. The van der Waals surface area contributed by atoms with E-state index >= 15 is 0 Å². The van der Waals surface area contributed by atoms with Crippen LogP contribution in [0.15, 0.2) is 18.5 Å². The molecule has 1 atom stereocenters. The molecule has 0 saturated heterocycles. The molecule has 20 heavy (non-hydrogen) atoms. The van der Waals surface area contributed by atoms with Crippen molar-refractivity contribution in [3.8, 4) is 0 Å². The number of urea groups is 1. The van der Waals surface area contributed by atoms with Gasteiger partial charge in [0.05, 0.1) is 17.4 Å². The molecule has 1 rings (SSSR count). The molecule has 0 radical (unpaired) electrons. The Kier molecular flexibility index (Phi) is 6.86. The first-order valence-electron chi connectivity index (χ1n) is 6.36. The van der Waals surface area contributed by atoms with Gasteiger partial charge in [-0.3, -0.25) is 4.98 Å². The molecule has 1 unspecified atom stereocenters. The van der Waals surface area contributed by atoms with E-state index in [0.29, 0.717) is 5.69 Å². The van der Waals surface area contributed by atoms with E-state index in [0.717, 1.165) is 17.9 Å². The van der Waals surface area contributed by atoms with E-state index in [1.165, 1.54) is 18.5 Å². The molecule has 0 fully saturated rings. The number of hydrogen-bond donors (Lipinski definition) is 3. The van der Waals surface area contributed by atoms with Gasteiger partial charge in [-0.1, -0.05) is 6.92 Å².